The molecule has 0 bridgehead atoms. The van der Waals surface area contributed by atoms with Crippen LogP contribution in [0.15, 0.2) is 17.3 Å². The van der Waals surface area contributed by atoms with Crippen molar-refractivity contribution in [2.45, 2.75) is 19.4 Å². The van der Waals surface area contributed by atoms with Gasteiger partial charge in [-0.05, 0) is 19.9 Å². The molecule has 0 saturated heterocycles. The number of halogens is 3. The lowest BCUT2D eigenvalue weighted by Crippen LogP contribution is -2.47. The van der Waals surface area contributed by atoms with Crippen LogP contribution in [-0.4, -0.2) is 28.3 Å². The van der Waals surface area contributed by atoms with Crippen molar-refractivity contribution in [3.8, 4) is 5.75 Å². The van der Waals surface area contributed by atoms with Gasteiger partial charge in [0.2, 0.25) is 0 Å². The Morgan fingerprint density at radius 3 is 2.37 bits per heavy atom. The molecular weight excluding hydrogens is 314 g/mol. The fourth-order valence-electron chi connectivity index (χ4n) is 1.16. The number of ether oxygens (including phenoxy) is 1. The van der Waals surface area contributed by atoms with Crippen molar-refractivity contribution in [3.05, 3.63) is 27.2 Å². The van der Waals surface area contributed by atoms with Crippen LogP contribution in [0.25, 0.3) is 0 Å². The molecule has 0 radical (unpaired) electrons. The number of rotatable bonds is 5. The summed E-state index contributed by atoms with van der Waals surface area (Å²) in [6.45, 7) is 3.14. The highest BCUT2D eigenvalue weighted by atomic mass is 35.5. The first-order valence-electron chi connectivity index (χ1n) is 5.22. The summed E-state index contributed by atoms with van der Waals surface area (Å²) in [4.78, 5) is 0. The van der Waals surface area contributed by atoms with E-state index in [4.69, 9.17) is 50.0 Å². The van der Waals surface area contributed by atoms with Crippen molar-refractivity contribution < 1.29 is 15.2 Å². The third-order valence-corrected chi connectivity index (χ3v) is 3.48. The van der Waals surface area contributed by atoms with Gasteiger partial charge in [0, 0.05) is 6.07 Å². The van der Waals surface area contributed by atoms with Gasteiger partial charge in [-0.1, -0.05) is 40.0 Å². The van der Waals surface area contributed by atoms with E-state index in [1.54, 1.807) is 13.8 Å². The van der Waals surface area contributed by atoms with E-state index in [1.807, 2.05) is 5.48 Å². The van der Waals surface area contributed by atoms with Gasteiger partial charge in [0.05, 0.1) is 20.6 Å². The van der Waals surface area contributed by atoms with Gasteiger partial charge in [0.15, 0.2) is 0 Å². The SMILES string of the molecule is CC(C)(NO)/C(COc1cc(Cl)c(Cl)cc1Cl)=N/O. The second-order valence-electron chi connectivity index (χ2n) is 4.27. The Hall–Kier alpha value is -0.720. The molecule has 0 aliphatic carbocycles. The molecule has 0 unspecified atom stereocenters. The molecule has 0 aromatic heterocycles. The maximum absolute atomic E-state index is 8.97. The summed E-state index contributed by atoms with van der Waals surface area (Å²) in [6, 6.07) is 2.91. The highest BCUT2D eigenvalue weighted by Crippen LogP contribution is 2.33. The standard InChI is InChI=1S/C11H13Cl3N2O3/c1-11(2,16-18)10(15-17)5-19-9-4-7(13)6(12)3-8(9)14/h3-4,16-18H,5H2,1-2H3/b15-10+. The molecule has 5 nitrogen and oxygen atoms in total. The summed E-state index contributed by atoms with van der Waals surface area (Å²) < 4.78 is 5.40. The fourth-order valence-corrected chi connectivity index (χ4v) is 1.75. The minimum Gasteiger partial charge on any atom is -0.486 e. The third kappa shape index (κ3) is 4.12. The highest BCUT2D eigenvalue weighted by molar-refractivity contribution is 6.43. The van der Waals surface area contributed by atoms with Gasteiger partial charge in [-0.15, -0.1) is 0 Å². The first kappa shape index (κ1) is 16.3. The number of benzene rings is 1. The van der Waals surface area contributed by atoms with Gasteiger partial charge in [-0.25, -0.2) is 0 Å². The summed E-state index contributed by atoms with van der Waals surface area (Å²) in [7, 11) is 0. The number of hydrogen-bond donors (Lipinski definition) is 3. The van der Waals surface area contributed by atoms with Crippen LogP contribution in [-0.2, 0) is 0 Å². The number of hydroxylamine groups is 1. The molecule has 0 atom stereocenters. The van der Waals surface area contributed by atoms with E-state index >= 15 is 0 Å². The van der Waals surface area contributed by atoms with Gasteiger partial charge in [-0.2, -0.15) is 5.48 Å². The van der Waals surface area contributed by atoms with E-state index in [2.05, 4.69) is 5.16 Å². The van der Waals surface area contributed by atoms with Crippen LogP contribution in [0.4, 0.5) is 0 Å². The number of oxime groups is 1. The van der Waals surface area contributed by atoms with E-state index < -0.39 is 5.54 Å². The zero-order valence-electron chi connectivity index (χ0n) is 10.2. The lowest BCUT2D eigenvalue weighted by molar-refractivity contribution is 0.110. The van der Waals surface area contributed by atoms with Crippen LogP contribution in [0.5, 0.6) is 5.75 Å². The first-order chi connectivity index (χ1) is 8.81. The molecule has 0 aliphatic heterocycles. The van der Waals surface area contributed by atoms with Gasteiger partial charge in [0.25, 0.3) is 0 Å². The molecule has 0 heterocycles. The van der Waals surface area contributed by atoms with Crippen LogP contribution < -0.4 is 10.2 Å². The summed E-state index contributed by atoms with van der Waals surface area (Å²) in [5.74, 6) is 0.297. The van der Waals surface area contributed by atoms with E-state index in [1.165, 1.54) is 12.1 Å². The molecule has 3 N–H and O–H groups in total. The molecule has 0 saturated carbocycles. The van der Waals surface area contributed by atoms with Crippen molar-refractivity contribution >= 4 is 40.5 Å². The first-order valence-corrected chi connectivity index (χ1v) is 6.35. The molecule has 8 heteroatoms. The zero-order chi connectivity index (χ0) is 14.6. The average molecular weight is 328 g/mol. The Morgan fingerprint density at radius 2 is 1.84 bits per heavy atom. The minimum absolute atomic E-state index is 0.0886. The Kier molecular flexibility index (Phi) is 5.70. The van der Waals surface area contributed by atoms with Gasteiger partial charge in [-0.3, -0.25) is 0 Å². The summed E-state index contributed by atoms with van der Waals surface area (Å²) in [5, 5.41) is 21.8. The highest BCUT2D eigenvalue weighted by Gasteiger charge is 2.25. The molecule has 0 amide bonds. The lowest BCUT2D eigenvalue weighted by Gasteiger charge is -2.23. The number of nitrogens with one attached hydrogen (secondary N) is 1. The predicted octanol–water partition coefficient (Wildman–Crippen LogP) is 3.61. The number of hydrogen-bond acceptors (Lipinski definition) is 5. The monoisotopic (exact) mass is 326 g/mol. The summed E-state index contributed by atoms with van der Waals surface area (Å²) in [6.07, 6.45) is 0. The third-order valence-electron chi connectivity index (χ3n) is 2.46. The predicted molar refractivity (Wildman–Crippen MR) is 75.2 cm³/mol. The van der Waals surface area contributed by atoms with Crippen molar-refractivity contribution in [2.75, 3.05) is 6.61 Å². The van der Waals surface area contributed by atoms with E-state index in [0.717, 1.165) is 0 Å². The van der Waals surface area contributed by atoms with Crippen LogP contribution in [0.1, 0.15) is 13.8 Å². The maximum Gasteiger partial charge on any atom is 0.140 e. The molecule has 1 rings (SSSR count). The lowest BCUT2D eigenvalue weighted by atomic mass is 10.0. The van der Waals surface area contributed by atoms with E-state index in [9.17, 15) is 0 Å². The fraction of sp³-hybridized carbons (Fsp3) is 0.364. The minimum atomic E-state index is -0.947. The van der Waals surface area contributed by atoms with Crippen molar-refractivity contribution in [2.24, 2.45) is 5.16 Å². The molecule has 1 aromatic rings. The topological polar surface area (TPSA) is 74.1 Å². The van der Waals surface area contributed by atoms with Crippen LogP contribution in [0.3, 0.4) is 0 Å². The second-order valence-corrected chi connectivity index (χ2v) is 5.49. The van der Waals surface area contributed by atoms with Crippen molar-refractivity contribution in [3.63, 3.8) is 0 Å². The van der Waals surface area contributed by atoms with E-state index in [-0.39, 0.29) is 17.3 Å². The Morgan fingerprint density at radius 1 is 1.26 bits per heavy atom. The summed E-state index contributed by atoms with van der Waals surface area (Å²) in [5.41, 5.74) is 1.24. The van der Waals surface area contributed by atoms with E-state index in [0.29, 0.717) is 15.8 Å². The molecular formula is C11H13Cl3N2O3. The largest absolute Gasteiger partial charge is 0.486 e. The van der Waals surface area contributed by atoms with Crippen molar-refractivity contribution in [1.29, 1.82) is 0 Å². The molecule has 19 heavy (non-hydrogen) atoms. The molecule has 0 fully saturated rings. The molecule has 1 aromatic carbocycles. The number of nitrogens with zero attached hydrogens (tertiary/aromatic N) is 1. The summed E-state index contributed by atoms with van der Waals surface area (Å²) >= 11 is 17.6. The Bertz CT molecular complexity index is 492. The smallest absolute Gasteiger partial charge is 0.140 e. The Labute approximate surface area is 125 Å². The quantitative estimate of drug-likeness (QED) is 0.334. The Balaban J connectivity index is 2.85. The maximum atomic E-state index is 8.97. The van der Waals surface area contributed by atoms with Gasteiger partial charge >= 0.3 is 0 Å². The normalized spacial score (nSPS) is 12.6. The van der Waals surface area contributed by atoms with Crippen LogP contribution >= 0.6 is 34.8 Å². The molecule has 0 aliphatic rings. The van der Waals surface area contributed by atoms with Crippen molar-refractivity contribution in [1.82, 2.24) is 5.48 Å². The second kappa shape index (κ2) is 6.63. The molecule has 106 valence electrons. The molecule has 0 spiro atoms. The average Bonchev–Trinajstić information content (AvgIpc) is 2.35. The van der Waals surface area contributed by atoms with Gasteiger partial charge < -0.3 is 15.2 Å². The van der Waals surface area contributed by atoms with Gasteiger partial charge in [0.1, 0.15) is 18.1 Å². The van der Waals surface area contributed by atoms with Crippen LogP contribution in [0.2, 0.25) is 15.1 Å². The van der Waals surface area contributed by atoms with Crippen LogP contribution in [0, 0.1) is 0 Å². The zero-order valence-corrected chi connectivity index (χ0v) is 12.5.